The topological polar surface area (TPSA) is 55.5 Å². The second-order valence-corrected chi connectivity index (χ2v) is 2.59. The Morgan fingerprint density at radius 1 is 1.67 bits per heavy atom. The number of nitrogens with two attached hydrogens (primary N) is 1. The molecule has 1 fully saturated rings. The van der Waals surface area contributed by atoms with E-state index in [1.165, 1.54) is 6.42 Å². The maximum atomic E-state index is 9.16. The lowest BCUT2D eigenvalue weighted by Gasteiger charge is -2.29. The minimum absolute atomic E-state index is 0.282. The van der Waals surface area contributed by atoms with Crippen molar-refractivity contribution in [3.63, 3.8) is 0 Å². The van der Waals surface area contributed by atoms with Gasteiger partial charge in [0.25, 0.3) is 0 Å². The smallest absolute Gasteiger partial charge is 0.0941 e. The number of hydrogen-bond donors (Lipinski definition) is 2. The average Bonchev–Trinajstić information content (AvgIpc) is 1.60. The summed E-state index contributed by atoms with van der Waals surface area (Å²) in [6.07, 6.45) is 3.17. The molecule has 0 spiro atoms. The van der Waals surface area contributed by atoms with Gasteiger partial charge in [0, 0.05) is 0 Å². The molecule has 0 saturated heterocycles. The molecule has 54 valence electrons. The van der Waals surface area contributed by atoms with Gasteiger partial charge in [0.15, 0.2) is 0 Å². The van der Waals surface area contributed by atoms with Crippen molar-refractivity contribution < 1.29 is 9.94 Å². The first-order chi connectivity index (χ1) is 4.34. The van der Waals surface area contributed by atoms with Gasteiger partial charge in [-0.05, 0) is 18.8 Å². The van der Waals surface area contributed by atoms with Crippen molar-refractivity contribution in [3.8, 4) is 0 Å². The van der Waals surface area contributed by atoms with Crippen molar-refractivity contribution in [2.75, 3.05) is 6.61 Å². The SMILES string of the molecule is NOCC(O)C1CCC1. The quantitative estimate of drug-likeness (QED) is 0.531. The monoisotopic (exact) mass is 131 g/mol. The number of hydrogen-bond acceptors (Lipinski definition) is 3. The summed E-state index contributed by atoms with van der Waals surface area (Å²) < 4.78 is 0. The summed E-state index contributed by atoms with van der Waals surface area (Å²) in [5, 5.41) is 9.16. The maximum absolute atomic E-state index is 9.16. The van der Waals surface area contributed by atoms with Gasteiger partial charge in [0.05, 0.1) is 12.7 Å². The van der Waals surface area contributed by atoms with E-state index < -0.39 is 0 Å². The lowest BCUT2D eigenvalue weighted by molar-refractivity contribution is -0.0175. The Labute approximate surface area is 54.8 Å². The highest BCUT2D eigenvalue weighted by atomic mass is 16.6. The van der Waals surface area contributed by atoms with E-state index in [0.717, 1.165) is 12.8 Å². The molecule has 0 heterocycles. The van der Waals surface area contributed by atoms with Gasteiger partial charge in [0.1, 0.15) is 0 Å². The third kappa shape index (κ3) is 1.64. The Morgan fingerprint density at radius 3 is 2.67 bits per heavy atom. The zero-order valence-corrected chi connectivity index (χ0v) is 5.42. The fourth-order valence-electron chi connectivity index (χ4n) is 1.06. The molecule has 0 bridgehead atoms. The fraction of sp³-hybridized carbons (Fsp3) is 1.00. The van der Waals surface area contributed by atoms with E-state index >= 15 is 0 Å². The Balaban J connectivity index is 2.08. The number of aliphatic hydroxyl groups excluding tert-OH is 1. The fourth-order valence-corrected chi connectivity index (χ4v) is 1.06. The van der Waals surface area contributed by atoms with E-state index in [-0.39, 0.29) is 12.7 Å². The molecule has 0 aromatic carbocycles. The molecule has 3 heteroatoms. The molecule has 1 rings (SSSR count). The Kier molecular flexibility index (Phi) is 2.45. The van der Waals surface area contributed by atoms with Crippen molar-refractivity contribution in [3.05, 3.63) is 0 Å². The summed E-state index contributed by atoms with van der Waals surface area (Å²) in [4.78, 5) is 4.31. The Morgan fingerprint density at radius 2 is 2.33 bits per heavy atom. The minimum Gasteiger partial charge on any atom is -0.390 e. The van der Waals surface area contributed by atoms with Crippen LogP contribution in [0.25, 0.3) is 0 Å². The summed E-state index contributed by atoms with van der Waals surface area (Å²) >= 11 is 0. The van der Waals surface area contributed by atoms with E-state index in [9.17, 15) is 0 Å². The first-order valence-electron chi connectivity index (χ1n) is 3.34. The maximum Gasteiger partial charge on any atom is 0.0941 e. The van der Waals surface area contributed by atoms with Crippen molar-refractivity contribution in [2.45, 2.75) is 25.4 Å². The molecular formula is C6H13NO2. The summed E-state index contributed by atoms with van der Waals surface area (Å²) in [6.45, 7) is 0.282. The van der Waals surface area contributed by atoms with Crippen LogP contribution in [-0.2, 0) is 4.84 Å². The van der Waals surface area contributed by atoms with Crippen LogP contribution >= 0.6 is 0 Å². The van der Waals surface area contributed by atoms with Gasteiger partial charge in [0.2, 0.25) is 0 Å². The predicted octanol–water partition coefficient (Wildman–Crippen LogP) is 0.0377. The van der Waals surface area contributed by atoms with Crippen molar-refractivity contribution in [1.82, 2.24) is 0 Å². The Hall–Kier alpha value is -0.120. The molecule has 1 saturated carbocycles. The van der Waals surface area contributed by atoms with E-state index in [0.29, 0.717) is 5.92 Å². The molecule has 1 aliphatic carbocycles. The summed E-state index contributed by atoms with van der Waals surface area (Å²) in [6, 6.07) is 0. The summed E-state index contributed by atoms with van der Waals surface area (Å²) in [5.41, 5.74) is 0. The third-order valence-electron chi connectivity index (χ3n) is 1.96. The van der Waals surface area contributed by atoms with Gasteiger partial charge in [-0.15, -0.1) is 0 Å². The van der Waals surface area contributed by atoms with Gasteiger partial charge in [-0.2, -0.15) is 0 Å². The molecule has 1 unspecified atom stereocenters. The highest BCUT2D eigenvalue weighted by Gasteiger charge is 2.25. The lowest BCUT2D eigenvalue weighted by Crippen LogP contribution is -2.31. The number of aliphatic hydroxyl groups is 1. The molecule has 3 N–H and O–H groups in total. The molecule has 1 aliphatic rings. The first kappa shape index (κ1) is 6.99. The van der Waals surface area contributed by atoms with E-state index in [1.807, 2.05) is 0 Å². The van der Waals surface area contributed by atoms with Crippen LogP contribution in [0.3, 0.4) is 0 Å². The van der Waals surface area contributed by atoms with E-state index in [4.69, 9.17) is 11.0 Å². The second kappa shape index (κ2) is 3.15. The normalized spacial score (nSPS) is 23.3. The van der Waals surface area contributed by atoms with Crippen molar-refractivity contribution in [1.29, 1.82) is 0 Å². The van der Waals surface area contributed by atoms with Crippen LogP contribution in [0.5, 0.6) is 0 Å². The highest BCUT2D eigenvalue weighted by Crippen LogP contribution is 2.29. The first-order valence-corrected chi connectivity index (χ1v) is 3.34. The second-order valence-electron chi connectivity index (χ2n) is 2.59. The molecule has 0 aromatic rings. The Bertz CT molecular complexity index is 83.1. The molecule has 0 radical (unpaired) electrons. The predicted molar refractivity (Wildman–Crippen MR) is 33.5 cm³/mol. The molecular weight excluding hydrogens is 118 g/mol. The van der Waals surface area contributed by atoms with Crippen LogP contribution in [0, 0.1) is 5.92 Å². The van der Waals surface area contributed by atoms with E-state index in [2.05, 4.69) is 4.84 Å². The molecule has 9 heavy (non-hydrogen) atoms. The van der Waals surface area contributed by atoms with Crippen LogP contribution in [-0.4, -0.2) is 17.8 Å². The molecule has 1 atom stereocenters. The van der Waals surface area contributed by atoms with Crippen LogP contribution in [0.15, 0.2) is 0 Å². The van der Waals surface area contributed by atoms with Crippen LogP contribution in [0.1, 0.15) is 19.3 Å². The zero-order valence-electron chi connectivity index (χ0n) is 5.42. The third-order valence-corrected chi connectivity index (χ3v) is 1.96. The molecule has 0 aromatic heterocycles. The van der Waals surface area contributed by atoms with Crippen LogP contribution < -0.4 is 5.90 Å². The minimum atomic E-state index is -0.330. The standard InChI is InChI=1S/C6H13NO2/c7-9-4-6(8)5-2-1-3-5/h5-6,8H,1-4,7H2. The summed E-state index contributed by atoms with van der Waals surface area (Å²) in [7, 11) is 0. The van der Waals surface area contributed by atoms with Gasteiger partial charge in [-0.1, -0.05) is 6.42 Å². The van der Waals surface area contributed by atoms with Gasteiger partial charge in [-0.25, -0.2) is 5.90 Å². The van der Waals surface area contributed by atoms with E-state index in [1.54, 1.807) is 0 Å². The largest absolute Gasteiger partial charge is 0.390 e. The zero-order chi connectivity index (χ0) is 6.69. The van der Waals surface area contributed by atoms with Crippen LogP contribution in [0.2, 0.25) is 0 Å². The average molecular weight is 131 g/mol. The van der Waals surface area contributed by atoms with Gasteiger partial charge in [-0.3, -0.25) is 0 Å². The molecule has 0 aliphatic heterocycles. The van der Waals surface area contributed by atoms with Crippen molar-refractivity contribution >= 4 is 0 Å². The molecule has 3 nitrogen and oxygen atoms in total. The van der Waals surface area contributed by atoms with Crippen LogP contribution in [0.4, 0.5) is 0 Å². The van der Waals surface area contributed by atoms with Gasteiger partial charge >= 0.3 is 0 Å². The summed E-state index contributed by atoms with van der Waals surface area (Å²) in [5.74, 6) is 5.24. The molecule has 0 amide bonds. The highest BCUT2D eigenvalue weighted by molar-refractivity contribution is 4.76. The lowest BCUT2D eigenvalue weighted by atomic mass is 9.81. The van der Waals surface area contributed by atoms with Gasteiger partial charge < -0.3 is 9.94 Å². The van der Waals surface area contributed by atoms with Crippen molar-refractivity contribution in [2.24, 2.45) is 11.8 Å². The number of rotatable bonds is 3.